The van der Waals surface area contributed by atoms with E-state index in [1.807, 2.05) is 6.26 Å². The molecule has 0 spiro atoms. The van der Waals surface area contributed by atoms with Gasteiger partial charge in [-0.05, 0) is 43.0 Å². The maximum atomic E-state index is 12.3. The van der Waals surface area contributed by atoms with Gasteiger partial charge in [-0.25, -0.2) is 4.79 Å². The number of nitrogens with one attached hydrogen (secondary N) is 1. The average molecular weight is 361 g/mol. The average Bonchev–Trinajstić information content (AvgIpc) is 2.48. The number of nitrogens with zero attached hydrogens (tertiary/aromatic N) is 1. The monoisotopic (exact) mass is 360 g/mol. The predicted octanol–water partition coefficient (Wildman–Crippen LogP) is 4.76. The summed E-state index contributed by atoms with van der Waals surface area (Å²) in [5.74, 6) is -0.512. The van der Waals surface area contributed by atoms with Crippen LogP contribution in [0.15, 0.2) is 18.2 Å². The van der Waals surface area contributed by atoms with Crippen molar-refractivity contribution in [3.63, 3.8) is 0 Å². The zero-order valence-corrected chi connectivity index (χ0v) is 14.6. The van der Waals surface area contributed by atoms with Crippen LogP contribution in [-0.2, 0) is 0 Å². The van der Waals surface area contributed by atoms with Gasteiger partial charge in [0.2, 0.25) is 0 Å². The van der Waals surface area contributed by atoms with Gasteiger partial charge in [0.05, 0.1) is 10.6 Å². The molecule has 1 N–H and O–H groups in total. The minimum absolute atomic E-state index is 0.178. The minimum Gasteiger partial charge on any atom is -0.273 e. The van der Waals surface area contributed by atoms with E-state index in [1.54, 1.807) is 10.4 Å². The Morgan fingerprint density at radius 2 is 1.91 bits per heavy atom. The zero-order chi connectivity index (χ0) is 16.1. The van der Waals surface area contributed by atoms with Crippen molar-refractivity contribution in [1.29, 1.82) is 0 Å². The van der Waals surface area contributed by atoms with Crippen molar-refractivity contribution in [3.8, 4) is 0 Å². The van der Waals surface area contributed by atoms with Gasteiger partial charge < -0.3 is 0 Å². The Hall–Kier alpha value is -0.910. The molecule has 2 rings (SSSR count). The number of imide groups is 1. The molecule has 0 radical (unpaired) electrons. The zero-order valence-electron chi connectivity index (χ0n) is 12.3. The molecule has 120 valence electrons. The van der Waals surface area contributed by atoms with Gasteiger partial charge in [0.25, 0.3) is 5.91 Å². The van der Waals surface area contributed by atoms with E-state index < -0.39 is 11.9 Å². The van der Waals surface area contributed by atoms with E-state index in [1.165, 1.54) is 30.5 Å². The maximum Gasteiger partial charge on any atom is 0.334 e. The molecule has 1 aromatic rings. The lowest BCUT2D eigenvalue weighted by atomic mass is 9.96. The van der Waals surface area contributed by atoms with Crippen molar-refractivity contribution in [2.45, 2.75) is 38.1 Å². The van der Waals surface area contributed by atoms with Crippen LogP contribution in [0.25, 0.3) is 0 Å². The van der Waals surface area contributed by atoms with Crippen LogP contribution in [0.4, 0.5) is 4.79 Å². The molecule has 4 nitrogen and oxygen atoms in total. The molecule has 1 fully saturated rings. The van der Waals surface area contributed by atoms with Gasteiger partial charge in [0.1, 0.15) is 0 Å². The highest BCUT2D eigenvalue weighted by molar-refractivity contribution is 7.96. The molecule has 0 atom stereocenters. The van der Waals surface area contributed by atoms with Crippen LogP contribution in [-0.4, -0.2) is 28.5 Å². The molecule has 1 aromatic carbocycles. The lowest BCUT2D eigenvalue weighted by Gasteiger charge is -2.32. The van der Waals surface area contributed by atoms with E-state index in [2.05, 4.69) is 5.32 Å². The third kappa shape index (κ3) is 4.31. The number of hydrogen-bond donors (Lipinski definition) is 1. The number of hydrogen-bond acceptors (Lipinski definition) is 3. The van der Waals surface area contributed by atoms with Crippen molar-refractivity contribution < 1.29 is 9.59 Å². The number of carbonyl (C=O) groups is 2. The van der Waals surface area contributed by atoms with Crippen LogP contribution in [0, 0.1) is 0 Å². The van der Waals surface area contributed by atoms with Crippen molar-refractivity contribution in [3.05, 3.63) is 33.8 Å². The van der Waals surface area contributed by atoms with Gasteiger partial charge in [0, 0.05) is 17.3 Å². The third-order valence-corrected chi connectivity index (χ3v) is 5.10. The normalized spacial score (nSPS) is 15.4. The van der Waals surface area contributed by atoms with Crippen LogP contribution in [0.1, 0.15) is 42.5 Å². The molecule has 3 amide bonds. The summed E-state index contributed by atoms with van der Waals surface area (Å²) < 4.78 is 1.65. The fraction of sp³-hybridized carbons (Fsp3) is 0.467. The number of amides is 3. The van der Waals surface area contributed by atoms with Gasteiger partial charge in [-0.15, -0.1) is 0 Å². The van der Waals surface area contributed by atoms with Crippen molar-refractivity contribution >= 4 is 47.1 Å². The number of halogens is 2. The fourth-order valence-electron chi connectivity index (χ4n) is 2.61. The summed E-state index contributed by atoms with van der Waals surface area (Å²) in [4.78, 5) is 24.5. The lowest BCUT2D eigenvalue weighted by molar-refractivity contribution is 0.0956. The number of benzene rings is 1. The largest absolute Gasteiger partial charge is 0.334 e. The molecule has 22 heavy (non-hydrogen) atoms. The second-order valence-corrected chi connectivity index (χ2v) is 6.79. The first-order valence-electron chi connectivity index (χ1n) is 7.16. The van der Waals surface area contributed by atoms with E-state index in [4.69, 9.17) is 23.2 Å². The Morgan fingerprint density at radius 3 is 2.50 bits per heavy atom. The van der Waals surface area contributed by atoms with Crippen LogP contribution >= 0.6 is 35.1 Å². The summed E-state index contributed by atoms with van der Waals surface area (Å²) in [6, 6.07) is 4.35. The third-order valence-electron chi connectivity index (χ3n) is 3.70. The molecule has 1 aliphatic rings. The van der Waals surface area contributed by atoms with Gasteiger partial charge in [-0.2, -0.15) is 0 Å². The van der Waals surface area contributed by atoms with Crippen molar-refractivity contribution in [2.24, 2.45) is 0 Å². The van der Waals surface area contributed by atoms with E-state index in [0.29, 0.717) is 5.02 Å². The minimum atomic E-state index is -0.512. The van der Waals surface area contributed by atoms with E-state index in [9.17, 15) is 9.59 Å². The summed E-state index contributed by atoms with van der Waals surface area (Å²) in [7, 11) is 0. The highest BCUT2D eigenvalue weighted by Gasteiger charge is 2.26. The van der Waals surface area contributed by atoms with E-state index in [0.717, 1.165) is 25.7 Å². The molecule has 1 aliphatic carbocycles. The summed E-state index contributed by atoms with van der Waals surface area (Å²) >= 11 is 13.1. The summed E-state index contributed by atoms with van der Waals surface area (Å²) in [6.07, 6.45) is 7.24. The Labute approximate surface area is 144 Å². The van der Waals surface area contributed by atoms with Gasteiger partial charge in [0.15, 0.2) is 0 Å². The fourth-order valence-corrected chi connectivity index (χ4v) is 3.82. The molecule has 0 heterocycles. The SMILES string of the molecule is CSN(C(=O)NC(=O)c1ccc(Cl)cc1Cl)C1CCCCC1. The topological polar surface area (TPSA) is 49.4 Å². The smallest absolute Gasteiger partial charge is 0.273 e. The Bertz CT molecular complexity index is 562. The van der Waals surface area contributed by atoms with E-state index >= 15 is 0 Å². The highest BCUT2D eigenvalue weighted by Crippen LogP contribution is 2.27. The molecule has 0 bridgehead atoms. The highest BCUT2D eigenvalue weighted by atomic mass is 35.5. The molecule has 0 aliphatic heterocycles. The number of rotatable bonds is 3. The molecular formula is C15H18Cl2N2O2S. The van der Waals surface area contributed by atoms with E-state index in [-0.39, 0.29) is 16.6 Å². The van der Waals surface area contributed by atoms with Crippen molar-refractivity contribution in [1.82, 2.24) is 9.62 Å². The second kappa shape index (κ2) is 8.09. The first kappa shape index (κ1) is 17.4. The number of carbonyl (C=O) groups excluding carboxylic acids is 2. The molecule has 0 unspecified atom stereocenters. The van der Waals surface area contributed by atoms with Gasteiger partial charge >= 0.3 is 6.03 Å². The summed E-state index contributed by atoms with van der Waals surface area (Å²) in [6.45, 7) is 0. The molecule has 0 aromatic heterocycles. The van der Waals surface area contributed by atoms with Gasteiger partial charge in [-0.1, -0.05) is 42.5 Å². The van der Waals surface area contributed by atoms with Crippen molar-refractivity contribution in [2.75, 3.05) is 6.26 Å². The summed E-state index contributed by atoms with van der Waals surface area (Å²) in [5.41, 5.74) is 0.240. The number of urea groups is 1. The Morgan fingerprint density at radius 1 is 1.23 bits per heavy atom. The predicted molar refractivity (Wildman–Crippen MR) is 91.6 cm³/mol. The molecule has 7 heteroatoms. The van der Waals surface area contributed by atoms with Crippen LogP contribution in [0.3, 0.4) is 0 Å². The van der Waals surface area contributed by atoms with Crippen LogP contribution in [0.2, 0.25) is 10.0 Å². The standard InChI is InChI=1S/C15H18Cl2N2O2S/c1-22-19(11-5-3-2-4-6-11)15(21)18-14(20)12-8-7-10(16)9-13(12)17/h7-9,11H,2-6H2,1H3,(H,18,20,21). The quantitative estimate of drug-likeness (QED) is 0.790. The van der Waals surface area contributed by atoms with Gasteiger partial charge in [-0.3, -0.25) is 14.4 Å². The molecular weight excluding hydrogens is 343 g/mol. The van der Waals surface area contributed by atoms with Crippen LogP contribution in [0.5, 0.6) is 0 Å². The first-order valence-corrected chi connectivity index (χ1v) is 9.10. The molecule has 0 saturated heterocycles. The Balaban J connectivity index is 2.04. The summed E-state index contributed by atoms with van der Waals surface area (Å²) in [5, 5.41) is 3.08. The first-order chi connectivity index (χ1) is 10.5. The lowest BCUT2D eigenvalue weighted by Crippen LogP contribution is -2.44. The van der Waals surface area contributed by atoms with Crippen LogP contribution < -0.4 is 5.32 Å². The Kier molecular flexibility index (Phi) is 6.41. The second-order valence-electron chi connectivity index (χ2n) is 5.18. The maximum absolute atomic E-state index is 12.3. The molecule has 1 saturated carbocycles.